The molecule has 0 fully saturated rings. The van der Waals surface area contributed by atoms with Gasteiger partial charge in [0.05, 0.1) is 6.04 Å². The Hall–Kier alpha value is -4.81. The van der Waals surface area contributed by atoms with E-state index in [-0.39, 0.29) is 35.5 Å². The van der Waals surface area contributed by atoms with Crippen molar-refractivity contribution in [2.75, 3.05) is 0 Å². The third-order valence-electron chi connectivity index (χ3n) is 6.68. The third-order valence-corrected chi connectivity index (χ3v) is 6.68. The lowest BCUT2D eigenvalue weighted by molar-refractivity contribution is -0.274. The fourth-order valence-electron chi connectivity index (χ4n) is 4.86. The summed E-state index contributed by atoms with van der Waals surface area (Å²) < 4.78 is 42.7. The molecule has 0 aliphatic heterocycles. The number of ketones is 1. The van der Waals surface area contributed by atoms with Crippen molar-refractivity contribution in [3.8, 4) is 5.75 Å². The summed E-state index contributed by atoms with van der Waals surface area (Å²) >= 11 is 0. The molecule has 2 aromatic carbocycles. The van der Waals surface area contributed by atoms with E-state index in [1.165, 1.54) is 36.0 Å². The lowest BCUT2D eigenvalue weighted by Crippen LogP contribution is -2.30. The maximum atomic E-state index is 13.4. The average Bonchev–Trinajstić information content (AvgIpc) is 3.53. The molecule has 0 saturated heterocycles. The number of hydrogen-bond acceptors (Lipinski definition) is 7. The number of halogens is 3. The van der Waals surface area contributed by atoms with Crippen molar-refractivity contribution in [1.29, 1.82) is 0 Å². The molecule has 4 aromatic rings. The van der Waals surface area contributed by atoms with Crippen molar-refractivity contribution in [2.24, 2.45) is 0 Å². The first-order valence-corrected chi connectivity index (χ1v) is 12.3. The van der Waals surface area contributed by atoms with Crippen molar-refractivity contribution in [3.05, 3.63) is 88.0 Å². The van der Waals surface area contributed by atoms with E-state index in [1.807, 2.05) is 13.0 Å². The molecule has 0 radical (unpaired) electrons. The van der Waals surface area contributed by atoms with Gasteiger partial charge in [-0.1, -0.05) is 24.3 Å². The van der Waals surface area contributed by atoms with E-state index in [9.17, 15) is 27.6 Å². The number of fused-ring (bicyclic) bond motifs is 2. The van der Waals surface area contributed by atoms with E-state index in [0.29, 0.717) is 24.0 Å². The fraction of sp³-hybridized carbons (Fsp3) is 0.259. The van der Waals surface area contributed by atoms with Crippen LogP contribution in [0.5, 0.6) is 5.75 Å². The van der Waals surface area contributed by atoms with E-state index >= 15 is 0 Å². The molecule has 2 amide bonds. The Morgan fingerprint density at radius 1 is 1.12 bits per heavy atom. The number of benzene rings is 2. The predicted octanol–water partition coefficient (Wildman–Crippen LogP) is 3.88. The maximum Gasteiger partial charge on any atom is 0.573 e. The Kier molecular flexibility index (Phi) is 6.96. The highest BCUT2D eigenvalue weighted by Crippen LogP contribution is 2.35. The number of nitrogens with zero attached hydrogens (tertiary/aromatic N) is 4. The zero-order chi connectivity index (χ0) is 28.6. The number of ether oxygens (including phenoxy) is 1. The van der Waals surface area contributed by atoms with Crippen LogP contribution in [0.15, 0.2) is 48.8 Å². The Balaban J connectivity index is 1.34. The molecule has 1 atom stereocenters. The van der Waals surface area contributed by atoms with E-state index < -0.39 is 23.9 Å². The molecule has 1 aliphatic rings. The lowest BCUT2D eigenvalue weighted by atomic mass is 9.96. The number of Topliss-reactive ketones (excluding diaryl/α,β-unsaturated/α-hetero) is 1. The molecule has 2 aromatic heterocycles. The summed E-state index contributed by atoms with van der Waals surface area (Å²) in [6, 6.07) is 9.78. The van der Waals surface area contributed by atoms with Gasteiger partial charge in [0.15, 0.2) is 5.78 Å². The molecule has 0 saturated carbocycles. The van der Waals surface area contributed by atoms with E-state index in [1.54, 1.807) is 6.07 Å². The van der Waals surface area contributed by atoms with Crippen LogP contribution < -0.4 is 15.4 Å². The van der Waals surface area contributed by atoms with E-state index in [2.05, 4.69) is 30.4 Å². The summed E-state index contributed by atoms with van der Waals surface area (Å²) in [4.78, 5) is 46.3. The lowest BCUT2D eigenvalue weighted by Gasteiger charge is -2.16. The van der Waals surface area contributed by atoms with Crippen molar-refractivity contribution in [3.63, 3.8) is 0 Å². The first kappa shape index (κ1) is 26.8. The summed E-state index contributed by atoms with van der Waals surface area (Å²) in [5.41, 5.74) is 3.77. The third kappa shape index (κ3) is 5.48. The van der Waals surface area contributed by atoms with Gasteiger partial charge in [0.25, 0.3) is 17.6 Å². The molecule has 2 N–H and O–H groups in total. The molecule has 2 heterocycles. The minimum Gasteiger partial charge on any atom is -0.406 e. The van der Waals surface area contributed by atoms with Crippen molar-refractivity contribution in [1.82, 2.24) is 30.2 Å². The molecular weight excluding hydrogens is 529 g/mol. The summed E-state index contributed by atoms with van der Waals surface area (Å²) in [5, 5.41) is 9.60. The number of hydrogen-bond donors (Lipinski definition) is 2. The summed E-state index contributed by atoms with van der Waals surface area (Å²) in [7, 11) is 0. The number of alkyl halides is 3. The SMILES string of the molecule is CC(=O)c1ccc2c(c1C)CC[C@@H]2NC(=O)c1cc(C(=O)NCc2cccc(OC(F)(F)F)c2)nc2ncnn12. The van der Waals surface area contributed by atoms with Gasteiger partial charge in [-0.05, 0) is 61.1 Å². The Morgan fingerprint density at radius 3 is 2.67 bits per heavy atom. The molecule has 5 rings (SSSR count). The van der Waals surface area contributed by atoms with Gasteiger partial charge in [-0.3, -0.25) is 14.4 Å². The predicted molar refractivity (Wildman–Crippen MR) is 135 cm³/mol. The monoisotopic (exact) mass is 552 g/mol. The highest BCUT2D eigenvalue weighted by atomic mass is 19.4. The molecule has 10 nitrogen and oxygen atoms in total. The number of rotatable bonds is 7. The highest BCUT2D eigenvalue weighted by Gasteiger charge is 2.31. The van der Waals surface area contributed by atoms with E-state index in [4.69, 9.17) is 0 Å². The van der Waals surface area contributed by atoms with E-state index in [0.717, 1.165) is 28.8 Å². The molecule has 40 heavy (non-hydrogen) atoms. The average molecular weight is 553 g/mol. The van der Waals surface area contributed by atoms with Gasteiger partial charge in [0.2, 0.25) is 0 Å². The van der Waals surface area contributed by atoms with Crippen LogP contribution >= 0.6 is 0 Å². The van der Waals surface area contributed by atoms with Crippen molar-refractivity contribution >= 4 is 23.4 Å². The van der Waals surface area contributed by atoms with Crippen LogP contribution in [0, 0.1) is 6.92 Å². The van der Waals surface area contributed by atoms with Gasteiger partial charge >= 0.3 is 6.36 Å². The maximum absolute atomic E-state index is 13.4. The number of carbonyl (C=O) groups is 3. The van der Waals surface area contributed by atoms with Gasteiger partial charge in [0.1, 0.15) is 23.5 Å². The van der Waals surface area contributed by atoms with Crippen molar-refractivity contribution < 1.29 is 32.3 Å². The summed E-state index contributed by atoms with van der Waals surface area (Å²) in [5.74, 6) is -1.59. The second-order valence-corrected chi connectivity index (χ2v) is 9.30. The van der Waals surface area contributed by atoms with Gasteiger partial charge in [-0.2, -0.15) is 14.6 Å². The minimum absolute atomic E-state index is 0.0205. The van der Waals surface area contributed by atoms with Crippen LogP contribution in [0.3, 0.4) is 0 Å². The quantitative estimate of drug-likeness (QED) is 0.333. The molecular formula is C27H23F3N6O4. The van der Waals surface area contributed by atoms with Gasteiger partial charge in [0, 0.05) is 18.2 Å². The van der Waals surface area contributed by atoms with Crippen molar-refractivity contribution in [2.45, 2.75) is 45.6 Å². The number of amides is 2. The minimum atomic E-state index is -4.84. The molecule has 0 bridgehead atoms. The summed E-state index contributed by atoms with van der Waals surface area (Å²) in [6.45, 7) is 3.30. The zero-order valence-corrected chi connectivity index (χ0v) is 21.4. The zero-order valence-electron chi connectivity index (χ0n) is 21.4. The molecule has 206 valence electrons. The molecule has 0 unspecified atom stereocenters. The Morgan fingerprint density at radius 2 is 1.93 bits per heavy atom. The van der Waals surface area contributed by atoms with Crippen LogP contribution in [0.1, 0.15) is 73.0 Å². The second kappa shape index (κ2) is 10.4. The molecule has 13 heteroatoms. The second-order valence-electron chi connectivity index (χ2n) is 9.30. The number of carbonyl (C=O) groups excluding carboxylic acids is 3. The smallest absolute Gasteiger partial charge is 0.406 e. The van der Waals surface area contributed by atoms with Crippen LogP contribution in [0.25, 0.3) is 5.78 Å². The standard InChI is InChI=1S/C27H23F3N6O4/c1-14-18(15(2)37)6-7-20-19(14)8-9-21(20)34-25(39)23-11-22(35-26-32-13-33-36(23)26)24(38)31-12-16-4-3-5-17(10-16)40-27(28,29)30/h3-7,10-11,13,21H,8-9,12H2,1-2H3,(H,31,38)(H,34,39)/t21-/m0/s1. The van der Waals surface area contributed by atoms with Crippen LogP contribution in [-0.2, 0) is 13.0 Å². The first-order chi connectivity index (χ1) is 19.0. The summed E-state index contributed by atoms with van der Waals surface area (Å²) in [6.07, 6.45) is -2.30. The fourth-order valence-corrected chi connectivity index (χ4v) is 4.86. The first-order valence-electron chi connectivity index (χ1n) is 12.3. The molecule has 0 spiro atoms. The normalized spacial score (nSPS) is 14.6. The Bertz CT molecular complexity index is 1650. The Labute approximate surface area is 225 Å². The highest BCUT2D eigenvalue weighted by molar-refractivity contribution is 5.98. The number of nitrogens with one attached hydrogen (secondary N) is 2. The van der Waals surface area contributed by atoms with Crippen LogP contribution in [-0.4, -0.2) is 43.5 Å². The number of aromatic nitrogens is 4. The molecule has 1 aliphatic carbocycles. The van der Waals surface area contributed by atoms with Crippen LogP contribution in [0.2, 0.25) is 0 Å². The van der Waals surface area contributed by atoms with Crippen LogP contribution in [0.4, 0.5) is 13.2 Å². The van der Waals surface area contributed by atoms with Gasteiger partial charge in [-0.15, -0.1) is 13.2 Å². The van der Waals surface area contributed by atoms with Gasteiger partial charge in [-0.25, -0.2) is 4.98 Å². The topological polar surface area (TPSA) is 128 Å². The van der Waals surface area contributed by atoms with Gasteiger partial charge < -0.3 is 15.4 Å². The largest absolute Gasteiger partial charge is 0.573 e.